The van der Waals surface area contributed by atoms with E-state index in [4.69, 9.17) is 13.9 Å². The largest absolute Gasteiger partial charge is 0.504 e. The smallest absolute Gasteiger partial charge is 0.290 e. The summed E-state index contributed by atoms with van der Waals surface area (Å²) in [6, 6.07) is 15.6. The minimum atomic E-state index is -0.679. The minimum Gasteiger partial charge on any atom is -0.504 e. The van der Waals surface area contributed by atoms with Crippen molar-refractivity contribution in [3.05, 3.63) is 98.4 Å². The molecule has 1 aliphatic heterocycles. The van der Waals surface area contributed by atoms with Crippen LogP contribution in [-0.4, -0.2) is 36.7 Å². The summed E-state index contributed by atoms with van der Waals surface area (Å²) in [6.45, 7) is 4.15. The van der Waals surface area contributed by atoms with Crippen molar-refractivity contribution in [1.82, 2.24) is 4.90 Å². The molecule has 184 valence electrons. The van der Waals surface area contributed by atoms with E-state index < -0.39 is 6.04 Å². The van der Waals surface area contributed by atoms with Gasteiger partial charge in [-0.25, -0.2) is 0 Å². The number of benzene rings is 3. The lowest BCUT2D eigenvalue weighted by molar-refractivity contribution is 0.0730. The maximum absolute atomic E-state index is 13.8. The average molecular weight is 486 g/mol. The number of rotatable bonds is 6. The van der Waals surface area contributed by atoms with Crippen LogP contribution in [0, 0.1) is 13.8 Å². The fourth-order valence-corrected chi connectivity index (χ4v) is 4.96. The Balaban J connectivity index is 1.65. The van der Waals surface area contributed by atoms with Gasteiger partial charge in [0.2, 0.25) is 5.76 Å². The second-order valence-electron chi connectivity index (χ2n) is 9.06. The Labute approximate surface area is 208 Å². The van der Waals surface area contributed by atoms with Gasteiger partial charge < -0.3 is 23.9 Å². The number of carbonyl (C=O) groups is 1. The van der Waals surface area contributed by atoms with Gasteiger partial charge >= 0.3 is 0 Å². The third kappa shape index (κ3) is 3.86. The van der Waals surface area contributed by atoms with E-state index in [0.717, 1.165) is 22.4 Å². The summed E-state index contributed by atoms with van der Waals surface area (Å²) >= 11 is 0. The molecule has 0 spiro atoms. The molecular weight excluding hydrogens is 458 g/mol. The summed E-state index contributed by atoms with van der Waals surface area (Å²) in [7, 11) is 3.07. The van der Waals surface area contributed by atoms with Crippen molar-refractivity contribution in [2.24, 2.45) is 0 Å². The molecule has 1 unspecified atom stereocenters. The lowest BCUT2D eigenvalue weighted by Gasteiger charge is -2.25. The molecule has 36 heavy (non-hydrogen) atoms. The number of hydrogen-bond donors (Lipinski definition) is 1. The van der Waals surface area contributed by atoms with Crippen molar-refractivity contribution in [3.8, 4) is 17.2 Å². The number of phenols is 1. The van der Waals surface area contributed by atoms with Gasteiger partial charge in [0, 0.05) is 6.54 Å². The number of methoxy groups -OCH3 is 2. The average Bonchev–Trinajstić information content (AvgIpc) is 3.15. The van der Waals surface area contributed by atoms with E-state index in [1.54, 1.807) is 30.2 Å². The molecule has 0 saturated heterocycles. The molecular formula is C29H27NO6. The van der Waals surface area contributed by atoms with Crippen molar-refractivity contribution in [2.45, 2.75) is 26.3 Å². The molecule has 1 N–H and O–H groups in total. The zero-order valence-corrected chi connectivity index (χ0v) is 20.6. The standard InChI is InChI=1S/C29H27NO6/c1-16-13-17(2)27-21(14-16)26(32)24-25(19-7-10-22(31)23(15-19)35-4)30(29(33)28(24)36-27)12-11-18-5-8-20(34-3)9-6-18/h5-10,13-15,25,31H,11-12H2,1-4H3. The number of carbonyl (C=O) groups excluding carboxylic acids is 1. The summed E-state index contributed by atoms with van der Waals surface area (Å²) in [6.07, 6.45) is 0.571. The zero-order chi connectivity index (χ0) is 25.6. The second kappa shape index (κ2) is 9.07. The van der Waals surface area contributed by atoms with Gasteiger partial charge in [-0.2, -0.15) is 0 Å². The number of aromatic hydroxyl groups is 1. The molecule has 1 aromatic heterocycles. The summed E-state index contributed by atoms with van der Waals surface area (Å²) in [5.41, 5.74) is 3.93. The maximum Gasteiger partial charge on any atom is 0.290 e. The van der Waals surface area contributed by atoms with Crippen LogP contribution in [0.3, 0.4) is 0 Å². The van der Waals surface area contributed by atoms with Crippen LogP contribution in [0.15, 0.2) is 63.8 Å². The second-order valence-corrected chi connectivity index (χ2v) is 9.06. The van der Waals surface area contributed by atoms with Crippen LogP contribution in [0.4, 0.5) is 0 Å². The summed E-state index contributed by atoms with van der Waals surface area (Å²) in [4.78, 5) is 29.2. The summed E-state index contributed by atoms with van der Waals surface area (Å²) in [5.74, 6) is 0.720. The van der Waals surface area contributed by atoms with Gasteiger partial charge in [-0.15, -0.1) is 0 Å². The lowest BCUT2D eigenvalue weighted by atomic mass is 9.97. The van der Waals surface area contributed by atoms with Crippen LogP contribution >= 0.6 is 0 Å². The van der Waals surface area contributed by atoms with E-state index in [1.165, 1.54) is 13.2 Å². The quantitative estimate of drug-likeness (QED) is 0.417. The van der Waals surface area contributed by atoms with Crippen LogP contribution in [0.1, 0.15) is 44.4 Å². The highest BCUT2D eigenvalue weighted by atomic mass is 16.5. The Morgan fingerprint density at radius 1 is 0.972 bits per heavy atom. The van der Waals surface area contributed by atoms with Gasteiger partial charge in [-0.1, -0.05) is 24.3 Å². The SMILES string of the molecule is COc1ccc(CCN2C(=O)c3oc4c(C)cc(C)cc4c(=O)c3C2c2ccc(O)c(OC)c2)cc1. The summed E-state index contributed by atoms with van der Waals surface area (Å²) < 4.78 is 16.7. The molecule has 0 saturated carbocycles. The molecule has 7 heteroatoms. The Bertz CT molecular complexity index is 1540. The van der Waals surface area contributed by atoms with E-state index in [1.807, 2.05) is 44.2 Å². The highest BCUT2D eigenvalue weighted by Gasteiger charge is 2.42. The van der Waals surface area contributed by atoms with Crippen molar-refractivity contribution >= 4 is 16.9 Å². The normalized spacial score (nSPS) is 14.8. The number of ether oxygens (including phenoxy) is 2. The number of nitrogens with zero attached hydrogens (tertiary/aromatic N) is 1. The van der Waals surface area contributed by atoms with Gasteiger partial charge in [0.15, 0.2) is 16.9 Å². The molecule has 0 aliphatic carbocycles. The van der Waals surface area contributed by atoms with Crippen LogP contribution < -0.4 is 14.9 Å². The minimum absolute atomic E-state index is 0.0209. The lowest BCUT2D eigenvalue weighted by Crippen LogP contribution is -2.31. The van der Waals surface area contributed by atoms with Crippen molar-refractivity contribution in [2.75, 3.05) is 20.8 Å². The number of fused-ring (bicyclic) bond motifs is 2. The molecule has 4 aromatic rings. The Kier molecular flexibility index (Phi) is 5.92. The van der Waals surface area contributed by atoms with Gasteiger partial charge in [-0.3, -0.25) is 9.59 Å². The van der Waals surface area contributed by atoms with E-state index in [9.17, 15) is 14.7 Å². The molecule has 1 aliphatic rings. The first kappa shape index (κ1) is 23.5. The molecule has 0 bridgehead atoms. The van der Waals surface area contributed by atoms with E-state index in [2.05, 4.69) is 0 Å². The first-order valence-electron chi connectivity index (χ1n) is 11.7. The van der Waals surface area contributed by atoms with E-state index in [0.29, 0.717) is 35.1 Å². The van der Waals surface area contributed by atoms with Crippen LogP contribution in [0.2, 0.25) is 0 Å². The Hall–Kier alpha value is -4.26. The molecule has 0 radical (unpaired) electrons. The van der Waals surface area contributed by atoms with Crippen molar-refractivity contribution in [1.29, 1.82) is 0 Å². The highest BCUT2D eigenvalue weighted by molar-refractivity contribution is 5.99. The van der Waals surface area contributed by atoms with Gasteiger partial charge in [0.05, 0.1) is 31.2 Å². The molecule has 7 nitrogen and oxygen atoms in total. The Morgan fingerprint density at radius 3 is 2.42 bits per heavy atom. The van der Waals surface area contributed by atoms with Crippen LogP contribution in [-0.2, 0) is 6.42 Å². The highest BCUT2D eigenvalue weighted by Crippen LogP contribution is 2.41. The third-order valence-corrected chi connectivity index (χ3v) is 6.72. The number of aryl methyl sites for hydroxylation is 2. The maximum atomic E-state index is 13.8. The van der Waals surface area contributed by atoms with Crippen molar-refractivity contribution < 1.29 is 23.8 Å². The topological polar surface area (TPSA) is 89.2 Å². The fraction of sp³-hybridized carbons (Fsp3) is 0.241. The number of hydrogen-bond acceptors (Lipinski definition) is 6. The van der Waals surface area contributed by atoms with Crippen LogP contribution in [0.25, 0.3) is 11.0 Å². The Morgan fingerprint density at radius 2 is 1.72 bits per heavy atom. The van der Waals surface area contributed by atoms with Gasteiger partial charge in [0.25, 0.3) is 5.91 Å². The zero-order valence-electron chi connectivity index (χ0n) is 20.6. The molecule has 1 amide bonds. The summed E-state index contributed by atoms with van der Waals surface area (Å²) in [5, 5.41) is 10.6. The molecule has 3 aromatic carbocycles. The van der Waals surface area contributed by atoms with Gasteiger partial charge in [-0.05, 0) is 72.9 Å². The van der Waals surface area contributed by atoms with E-state index >= 15 is 0 Å². The molecule has 2 heterocycles. The third-order valence-electron chi connectivity index (χ3n) is 6.72. The number of phenolic OH excluding ortho intramolecular Hbond substituents is 1. The monoisotopic (exact) mass is 485 g/mol. The van der Waals surface area contributed by atoms with E-state index in [-0.39, 0.29) is 28.6 Å². The predicted molar refractivity (Wildman–Crippen MR) is 136 cm³/mol. The van der Waals surface area contributed by atoms with Crippen LogP contribution in [0.5, 0.6) is 17.2 Å². The molecule has 0 fully saturated rings. The predicted octanol–water partition coefficient (Wildman–Crippen LogP) is 4.92. The number of amides is 1. The molecule has 5 rings (SSSR count). The first-order chi connectivity index (χ1) is 17.3. The molecule has 1 atom stereocenters. The fourth-order valence-electron chi connectivity index (χ4n) is 4.96. The van der Waals surface area contributed by atoms with Crippen molar-refractivity contribution in [3.63, 3.8) is 0 Å². The van der Waals surface area contributed by atoms with Gasteiger partial charge in [0.1, 0.15) is 11.3 Å². The first-order valence-corrected chi connectivity index (χ1v) is 11.7.